The van der Waals surface area contributed by atoms with Crippen LogP contribution in [0.2, 0.25) is 0 Å². The van der Waals surface area contributed by atoms with Crippen molar-refractivity contribution in [3.63, 3.8) is 0 Å². The fraction of sp³-hybridized carbons (Fsp3) is 0.625. The molecule has 112 valence electrons. The van der Waals surface area contributed by atoms with Crippen LogP contribution in [0.4, 0.5) is 0 Å². The maximum absolute atomic E-state index is 10.4. The average molecular weight is 280 g/mol. The summed E-state index contributed by atoms with van der Waals surface area (Å²) in [6, 6.07) is 7.48. The third-order valence-corrected chi connectivity index (χ3v) is 3.67. The van der Waals surface area contributed by atoms with E-state index in [2.05, 4.69) is 0 Å². The standard InChI is InChI=1S/C16H24O4/c1-18-11-12-19-14-5-7-15(8-6-14)20-13-16(17)9-3-2-4-10-16/h5-8,17H,2-4,9-13H2,1H3. The van der Waals surface area contributed by atoms with Crippen LogP contribution in [0.3, 0.4) is 0 Å². The van der Waals surface area contributed by atoms with Gasteiger partial charge in [0.1, 0.15) is 24.7 Å². The van der Waals surface area contributed by atoms with E-state index < -0.39 is 5.60 Å². The van der Waals surface area contributed by atoms with E-state index in [4.69, 9.17) is 14.2 Å². The van der Waals surface area contributed by atoms with E-state index in [0.717, 1.165) is 37.2 Å². The van der Waals surface area contributed by atoms with Crippen LogP contribution in [0.1, 0.15) is 32.1 Å². The first kappa shape index (κ1) is 15.1. The second-order valence-corrected chi connectivity index (χ2v) is 5.39. The minimum atomic E-state index is -0.647. The Bertz CT molecular complexity index is 382. The minimum Gasteiger partial charge on any atom is -0.491 e. The Morgan fingerprint density at radius 2 is 1.55 bits per heavy atom. The Kier molecular flexibility index (Phi) is 5.68. The van der Waals surface area contributed by atoms with Gasteiger partial charge in [-0.05, 0) is 37.1 Å². The number of benzene rings is 1. The van der Waals surface area contributed by atoms with Crippen LogP contribution >= 0.6 is 0 Å². The lowest BCUT2D eigenvalue weighted by Crippen LogP contribution is -2.37. The summed E-state index contributed by atoms with van der Waals surface area (Å²) in [4.78, 5) is 0. The Balaban J connectivity index is 1.78. The fourth-order valence-corrected chi connectivity index (χ4v) is 2.45. The third kappa shape index (κ3) is 4.69. The first-order valence-corrected chi connectivity index (χ1v) is 7.29. The number of hydrogen-bond acceptors (Lipinski definition) is 4. The number of ether oxygens (including phenoxy) is 3. The zero-order valence-corrected chi connectivity index (χ0v) is 12.1. The average Bonchev–Trinajstić information content (AvgIpc) is 2.48. The van der Waals surface area contributed by atoms with Crippen LogP contribution in [0.25, 0.3) is 0 Å². The van der Waals surface area contributed by atoms with Gasteiger partial charge in [0, 0.05) is 7.11 Å². The van der Waals surface area contributed by atoms with Crippen molar-refractivity contribution in [3.05, 3.63) is 24.3 Å². The van der Waals surface area contributed by atoms with Crippen LogP contribution in [-0.4, -0.2) is 37.6 Å². The van der Waals surface area contributed by atoms with Crippen molar-refractivity contribution in [2.75, 3.05) is 26.9 Å². The van der Waals surface area contributed by atoms with Crippen molar-refractivity contribution in [1.29, 1.82) is 0 Å². The molecule has 0 saturated heterocycles. The highest BCUT2D eigenvalue weighted by molar-refractivity contribution is 5.31. The lowest BCUT2D eigenvalue weighted by Gasteiger charge is -2.31. The Hall–Kier alpha value is -1.26. The number of methoxy groups -OCH3 is 1. The van der Waals surface area contributed by atoms with Crippen LogP contribution in [0.15, 0.2) is 24.3 Å². The van der Waals surface area contributed by atoms with E-state index in [-0.39, 0.29) is 0 Å². The summed E-state index contributed by atoms with van der Waals surface area (Å²) < 4.78 is 16.1. The predicted octanol–water partition coefficient (Wildman–Crippen LogP) is 2.79. The Morgan fingerprint density at radius 3 is 2.15 bits per heavy atom. The summed E-state index contributed by atoms with van der Waals surface area (Å²) in [7, 11) is 1.65. The molecule has 0 aromatic heterocycles. The highest BCUT2D eigenvalue weighted by atomic mass is 16.5. The molecule has 1 fully saturated rings. The molecular formula is C16H24O4. The molecule has 4 heteroatoms. The zero-order valence-electron chi connectivity index (χ0n) is 12.1. The normalized spacial score (nSPS) is 17.7. The zero-order chi connectivity index (χ0) is 14.3. The number of aliphatic hydroxyl groups is 1. The fourth-order valence-electron chi connectivity index (χ4n) is 2.45. The monoisotopic (exact) mass is 280 g/mol. The lowest BCUT2D eigenvalue weighted by molar-refractivity contribution is -0.0339. The summed E-state index contributed by atoms with van der Waals surface area (Å²) in [5.74, 6) is 1.56. The molecule has 0 unspecified atom stereocenters. The van der Waals surface area contributed by atoms with E-state index >= 15 is 0 Å². The van der Waals surface area contributed by atoms with Crippen molar-refractivity contribution in [3.8, 4) is 11.5 Å². The lowest BCUT2D eigenvalue weighted by atomic mass is 9.85. The van der Waals surface area contributed by atoms with Crippen LogP contribution < -0.4 is 9.47 Å². The molecule has 1 N–H and O–H groups in total. The molecule has 0 aliphatic heterocycles. The van der Waals surface area contributed by atoms with E-state index in [1.165, 1.54) is 6.42 Å². The number of rotatable bonds is 7. The van der Waals surface area contributed by atoms with Crippen LogP contribution in [0.5, 0.6) is 11.5 Å². The van der Waals surface area contributed by atoms with Crippen LogP contribution in [0, 0.1) is 0 Å². The smallest absolute Gasteiger partial charge is 0.119 e. The van der Waals surface area contributed by atoms with Crippen molar-refractivity contribution in [2.24, 2.45) is 0 Å². The van der Waals surface area contributed by atoms with Gasteiger partial charge in [-0.15, -0.1) is 0 Å². The Morgan fingerprint density at radius 1 is 0.950 bits per heavy atom. The maximum Gasteiger partial charge on any atom is 0.119 e. The molecular weight excluding hydrogens is 256 g/mol. The van der Waals surface area contributed by atoms with Gasteiger partial charge in [0.15, 0.2) is 0 Å². The summed E-state index contributed by atoms with van der Waals surface area (Å²) in [5, 5.41) is 10.4. The molecule has 0 atom stereocenters. The highest BCUT2D eigenvalue weighted by Gasteiger charge is 2.29. The molecule has 1 aromatic carbocycles. The maximum atomic E-state index is 10.4. The van der Waals surface area contributed by atoms with Crippen molar-refractivity contribution in [2.45, 2.75) is 37.7 Å². The number of hydrogen-bond donors (Lipinski definition) is 1. The SMILES string of the molecule is COCCOc1ccc(OCC2(O)CCCCC2)cc1. The molecule has 1 aromatic rings. The molecule has 0 spiro atoms. The van der Waals surface area contributed by atoms with Gasteiger partial charge in [-0.2, -0.15) is 0 Å². The van der Waals surface area contributed by atoms with Gasteiger partial charge in [0.05, 0.1) is 12.2 Å². The second-order valence-electron chi connectivity index (χ2n) is 5.39. The second kappa shape index (κ2) is 7.50. The van der Waals surface area contributed by atoms with Crippen molar-refractivity contribution >= 4 is 0 Å². The van der Waals surface area contributed by atoms with Crippen LogP contribution in [-0.2, 0) is 4.74 Å². The van der Waals surface area contributed by atoms with E-state index in [1.54, 1.807) is 7.11 Å². The highest BCUT2D eigenvalue weighted by Crippen LogP contribution is 2.29. The molecule has 0 bridgehead atoms. The summed E-state index contributed by atoms with van der Waals surface area (Å²) in [6.45, 7) is 1.48. The summed E-state index contributed by atoms with van der Waals surface area (Å²) in [6.07, 6.45) is 5.07. The van der Waals surface area contributed by atoms with Gasteiger partial charge >= 0.3 is 0 Å². The van der Waals surface area contributed by atoms with Gasteiger partial charge in [-0.3, -0.25) is 0 Å². The molecule has 20 heavy (non-hydrogen) atoms. The molecule has 2 rings (SSSR count). The summed E-state index contributed by atoms with van der Waals surface area (Å²) >= 11 is 0. The molecule has 1 aliphatic rings. The van der Waals surface area contributed by atoms with Crippen molar-refractivity contribution in [1.82, 2.24) is 0 Å². The van der Waals surface area contributed by atoms with Gasteiger partial charge < -0.3 is 19.3 Å². The quantitative estimate of drug-likeness (QED) is 0.780. The van der Waals surface area contributed by atoms with Gasteiger partial charge in [-0.1, -0.05) is 19.3 Å². The van der Waals surface area contributed by atoms with Gasteiger partial charge in [0.2, 0.25) is 0 Å². The van der Waals surface area contributed by atoms with Gasteiger partial charge in [0.25, 0.3) is 0 Å². The van der Waals surface area contributed by atoms with E-state index in [0.29, 0.717) is 19.8 Å². The molecule has 4 nitrogen and oxygen atoms in total. The topological polar surface area (TPSA) is 47.9 Å². The van der Waals surface area contributed by atoms with Crippen molar-refractivity contribution < 1.29 is 19.3 Å². The summed E-state index contributed by atoms with van der Waals surface area (Å²) in [5.41, 5.74) is -0.647. The molecule has 0 radical (unpaired) electrons. The molecule has 0 heterocycles. The van der Waals surface area contributed by atoms with E-state index in [9.17, 15) is 5.11 Å². The first-order valence-electron chi connectivity index (χ1n) is 7.29. The van der Waals surface area contributed by atoms with E-state index in [1.807, 2.05) is 24.3 Å². The molecule has 1 saturated carbocycles. The third-order valence-electron chi connectivity index (χ3n) is 3.67. The molecule has 1 aliphatic carbocycles. The van der Waals surface area contributed by atoms with Gasteiger partial charge in [-0.25, -0.2) is 0 Å². The predicted molar refractivity (Wildman–Crippen MR) is 77.3 cm³/mol. The minimum absolute atomic E-state index is 0.372. The Labute approximate surface area is 120 Å². The first-order chi connectivity index (χ1) is 9.72. The molecule has 0 amide bonds. The largest absolute Gasteiger partial charge is 0.491 e.